The van der Waals surface area contributed by atoms with E-state index in [1.165, 1.54) is 21.3 Å². The number of amides is 1. The smallest absolute Gasteiger partial charge is 0.330 e. The molecule has 0 saturated carbocycles. The van der Waals surface area contributed by atoms with Crippen molar-refractivity contribution in [3.8, 4) is 17.2 Å². The first-order valence-corrected chi connectivity index (χ1v) is 8.40. The number of nitrogens with one attached hydrogen (secondary N) is 2. The predicted molar refractivity (Wildman–Crippen MR) is 102 cm³/mol. The van der Waals surface area contributed by atoms with Crippen LogP contribution in [-0.2, 0) is 4.79 Å². The Morgan fingerprint density at radius 3 is 2.25 bits per heavy atom. The molecule has 0 spiro atoms. The van der Waals surface area contributed by atoms with Crippen LogP contribution in [-0.4, -0.2) is 43.3 Å². The first-order valence-electron chi connectivity index (χ1n) is 8.40. The molecule has 146 valence electrons. The van der Waals surface area contributed by atoms with Crippen molar-refractivity contribution < 1.29 is 28.9 Å². The van der Waals surface area contributed by atoms with Crippen molar-refractivity contribution in [2.75, 3.05) is 21.3 Å². The van der Waals surface area contributed by atoms with E-state index in [1.54, 1.807) is 42.5 Å². The van der Waals surface area contributed by atoms with Crippen LogP contribution in [0, 0.1) is 0 Å². The van der Waals surface area contributed by atoms with Crippen LogP contribution in [0.3, 0.4) is 0 Å². The summed E-state index contributed by atoms with van der Waals surface area (Å²) in [4.78, 5) is 27.3. The lowest BCUT2D eigenvalue weighted by Crippen LogP contribution is -2.33. The minimum Gasteiger partial charge on any atom is -0.493 e. The molecule has 0 bridgehead atoms. The maximum atomic E-state index is 12.7. The van der Waals surface area contributed by atoms with E-state index in [9.17, 15) is 14.7 Å². The van der Waals surface area contributed by atoms with E-state index in [4.69, 9.17) is 14.2 Å². The van der Waals surface area contributed by atoms with Crippen LogP contribution < -0.4 is 19.5 Å². The zero-order valence-electron chi connectivity index (χ0n) is 15.6. The molecule has 0 saturated heterocycles. The maximum Gasteiger partial charge on any atom is 0.330 e. The number of carbonyl (C=O) groups is 2. The summed E-state index contributed by atoms with van der Waals surface area (Å²) in [6, 6.07) is 10.6. The molecule has 0 radical (unpaired) electrons. The van der Waals surface area contributed by atoms with E-state index < -0.39 is 17.9 Å². The number of hydrogen-bond donors (Lipinski definition) is 3. The summed E-state index contributed by atoms with van der Waals surface area (Å²) >= 11 is 0. The number of H-pyrrole nitrogens is 1. The van der Waals surface area contributed by atoms with Gasteiger partial charge in [-0.05, 0) is 17.7 Å². The number of carboxylic acids is 1. The van der Waals surface area contributed by atoms with Crippen LogP contribution in [0.15, 0.2) is 42.5 Å². The molecule has 1 heterocycles. The van der Waals surface area contributed by atoms with Gasteiger partial charge in [-0.3, -0.25) is 4.79 Å². The summed E-state index contributed by atoms with van der Waals surface area (Å²) in [6.45, 7) is 0. The zero-order valence-corrected chi connectivity index (χ0v) is 15.6. The Morgan fingerprint density at radius 1 is 1.00 bits per heavy atom. The van der Waals surface area contributed by atoms with E-state index in [-0.39, 0.29) is 5.69 Å². The third-order valence-electron chi connectivity index (χ3n) is 4.32. The van der Waals surface area contributed by atoms with Crippen molar-refractivity contribution in [3.05, 3.63) is 53.7 Å². The molecule has 3 rings (SSSR count). The molecule has 3 aromatic rings. The van der Waals surface area contributed by atoms with E-state index >= 15 is 0 Å². The maximum absolute atomic E-state index is 12.7. The van der Waals surface area contributed by atoms with Crippen molar-refractivity contribution >= 4 is 22.8 Å². The third kappa shape index (κ3) is 3.44. The SMILES string of the molecule is COc1cc2cc(C(=O)NC(C(=O)O)c3ccccc3)[nH]c2c(OC)c1OC. The van der Waals surface area contributed by atoms with E-state index in [1.807, 2.05) is 0 Å². The summed E-state index contributed by atoms with van der Waals surface area (Å²) in [7, 11) is 4.47. The molecule has 1 unspecified atom stereocenters. The van der Waals surface area contributed by atoms with Gasteiger partial charge in [-0.2, -0.15) is 0 Å². The lowest BCUT2D eigenvalue weighted by atomic mass is 10.1. The molecule has 1 atom stereocenters. The summed E-state index contributed by atoms with van der Waals surface area (Å²) in [5.41, 5.74) is 1.20. The van der Waals surface area contributed by atoms with Crippen LogP contribution in [0.25, 0.3) is 10.9 Å². The fourth-order valence-corrected chi connectivity index (χ4v) is 3.01. The Morgan fingerprint density at radius 2 is 1.68 bits per heavy atom. The van der Waals surface area contributed by atoms with Gasteiger partial charge in [-0.25, -0.2) is 4.79 Å². The van der Waals surface area contributed by atoms with Gasteiger partial charge in [-0.15, -0.1) is 0 Å². The van der Waals surface area contributed by atoms with E-state index in [0.717, 1.165) is 0 Å². The van der Waals surface area contributed by atoms with Crippen molar-refractivity contribution in [2.24, 2.45) is 0 Å². The molecule has 1 amide bonds. The van der Waals surface area contributed by atoms with Crippen molar-refractivity contribution in [3.63, 3.8) is 0 Å². The van der Waals surface area contributed by atoms with Gasteiger partial charge in [0, 0.05) is 5.39 Å². The highest BCUT2D eigenvalue weighted by Gasteiger charge is 2.25. The standard InChI is InChI=1S/C20H20N2O6/c1-26-14-10-12-9-13(21-15(12)18(28-3)17(14)27-2)19(23)22-16(20(24)25)11-7-5-4-6-8-11/h4-10,16,21H,1-3H3,(H,22,23)(H,24,25). The molecule has 2 aromatic carbocycles. The highest BCUT2D eigenvalue weighted by Crippen LogP contribution is 2.43. The average molecular weight is 384 g/mol. The third-order valence-corrected chi connectivity index (χ3v) is 4.32. The second kappa shape index (κ2) is 7.91. The van der Waals surface area contributed by atoms with Crippen LogP contribution in [0.5, 0.6) is 17.2 Å². The predicted octanol–water partition coefficient (Wildman–Crippen LogP) is 2.75. The van der Waals surface area contributed by atoms with Gasteiger partial charge < -0.3 is 29.6 Å². The fraction of sp³-hybridized carbons (Fsp3) is 0.200. The number of fused-ring (bicyclic) bond motifs is 1. The lowest BCUT2D eigenvalue weighted by molar-refractivity contribution is -0.139. The normalized spacial score (nSPS) is 11.7. The molecule has 1 aromatic heterocycles. The van der Waals surface area contributed by atoms with Gasteiger partial charge >= 0.3 is 5.97 Å². The fourth-order valence-electron chi connectivity index (χ4n) is 3.01. The van der Waals surface area contributed by atoms with Gasteiger partial charge in [0.15, 0.2) is 17.5 Å². The Labute approximate surface area is 161 Å². The molecule has 0 fully saturated rings. The summed E-state index contributed by atoms with van der Waals surface area (Å²) in [5, 5.41) is 12.7. The molecular weight excluding hydrogens is 364 g/mol. The first kappa shape index (κ1) is 19.1. The monoisotopic (exact) mass is 384 g/mol. The lowest BCUT2D eigenvalue weighted by Gasteiger charge is -2.14. The van der Waals surface area contributed by atoms with Gasteiger partial charge in [0.05, 0.1) is 26.8 Å². The quantitative estimate of drug-likeness (QED) is 0.578. The molecule has 0 aliphatic rings. The Kier molecular flexibility index (Phi) is 5.39. The topological polar surface area (TPSA) is 110 Å². The van der Waals surface area contributed by atoms with Gasteiger partial charge in [0.25, 0.3) is 5.91 Å². The van der Waals surface area contributed by atoms with E-state index in [2.05, 4.69) is 10.3 Å². The number of ether oxygens (including phenoxy) is 3. The van der Waals surface area contributed by atoms with Crippen LogP contribution in [0.4, 0.5) is 0 Å². The highest BCUT2D eigenvalue weighted by atomic mass is 16.5. The molecule has 0 aliphatic carbocycles. The van der Waals surface area contributed by atoms with Gasteiger partial charge in [0.1, 0.15) is 5.69 Å². The number of carbonyl (C=O) groups excluding carboxylic acids is 1. The largest absolute Gasteiger partial charge is 0.493 e. The molecule has 0 aliphatic heterocycles. The number of aromatic nitrogens is 1. The zero-order chi connectivity index (χ0) is 20.3. The second-order valence-corrected chi connectivity index (χ2v) is 5.95. The molecule has 28 heavy (non-hydrogen) atoms. The van der Waals surface area contributed by atoms with Crippen molar-refractivity contribution in [1.82, 2.24) is 10.3 Å². The highest BCUT2D eigenvalue weighted by molar-refractivity contribution is 6.02. The first-order chi connectivity index (χ1) is 13.5. The number of aliphatic carboxylic acids is 1. The Balaban J connectivity index is 1.99. The van der Waals surface area contributed by atoms with Crippen molar-refractivity contribution in [2.45, 2.75) is 6.04 Å². The second-order valence-electron chi connectivity index (χ2n) is 5.95. The van der Waals surface area contributed by atoms with Gasteiger partial charge in [-0.1, -0.05) is 30.3 Å². The summed E-state index contributed by atoms with van der Waals surface area (Å²) < 4.78 is 16.1. The summed E-state index contributed by atoms with van der Waals surface area (Å²) in [5.74, 6) is -0.498. The Hall–Kier alpha value is -3.68. The summed E-state index contributed by atoms with van der Waals surface area (Å²) in [6.07, 6.45) is 0. The number of benzene rings is 2. The molecular formula is C20H20N2O6. The van der Waals surface area contributed by atoms with Crippen LogP contribution in [0.2, 0.25) is 0 Å². The number of carboxylic acid groups (broad SMARTS) is 1. The number of rotatable bonds is 7. The van der Waals surface area contributed by atoms with Crippen LogP contribution in [0.1, 0.15) is 22.1 Å². The minimum atomic E-state index is -1.17. The molecule has 3 N–H and O–H groups in total. The van der Waals surface area contributed by atoms with Crippen molar-refractivity contribution in [1.29, 1.82) is 0 Å². The van der Waals surface area contributed by atoms with Crippen LogP contribution >= 0.6 is 0 Å². The number of methoxy groups -OCH3 is 3. The molecule has 8 nitrogen and oxygen atoms in total. The number of aromatic amines is 1. The average Bonchev–Trinajstić information content (AvgIpc) is 3.14. The minimum absolute atomic E-state index is 0.186. The Bertz CT molecular complexity index is 1010. The van der Waals surface area contributed by atoms with Gasteiger partial charge in [0.2, 0.25) is 5.75 Å². The molecule has 8 heteroatoms. The van der Waals surface area contributed by atoms with E-state index in [0.29, 0.717) is 33.7 Å². The number of hydrogen-bond acceptors (Lipinski definition) is 5.